The number of primary amides is 1. The second-order valence-electron chi connectivity index (χ2n) is 4.68. The molecule has 0 atom stereocenters. The number of carbonyl (C=O) groups excluding carboxylic acids is 2. The zero-order valence-electron chi connectivity index (χ0n) is 12.5. The Morgan fingerprint density at radius 3 is 2.32 bits per heavy atom. The van der Waals surface area contributed by atoms with Crippen molar-refractivity contribution >= 4 is 11.8 Å². The van der Waals surface area contributed by atoms with Gasteiger partial charge in [0.05, 0.1) is 0 Å². The van der Waals surface area contributed by atoms with Gasteiger partial charge >= 0.3 is 17.1 Å². The van der Waals surface area contributed by atoms with E-state index >= 15 is 0 Å². The van der Waals surface area contributed by atoms with E-state index in [1.165, 1.54) is 5.56 Å². The number of nitrogens with one attached hydrogen (secondary N) is 1. The van der Waals surface area contributed by atoms with E-state index in [1.807, 2.05) is 54.6 Å². The van der Waals surface area contributed by atoms with Crippen molar-refractivity contribution in [1.82, 2.24) is 5.32 Å². The zero-order chi connectivity index (χ0) is 15.3. The molecule has 0 saturated heterocycles. The first-order valence-electron chi connectivity index (χ1n) is 7.11. The first-order chi connectivity index (χ1) is 10.2. The fourth-order valence-electron chi connectivity index (χ4n) is 1.77. The monoisotopic (exact) mass is 342 g/mol. The molecular weight excluding hydrogens is 320 g/mol. The Bertz CT molecular complexity index is 476. The average Bonchev–Trinajstić information content (AvgIpc) is 3.14. The molecule has 120 valence electrons. The second kappa shape index (κ2) is 12.9. The van der Waals surface area contributed by atoms with E-state index in [-0.39, 0.29) is 29.4 Å². The Balaban J connectivity index is 0.000000622. The van der Waals surface area contributed by atoms with Crippen LogP contribution in [0.25, 0.3) is 0 Å². The minimum Gasteiger partial charge on any atom is -0.370 e. The molecule has 2 aromatic carbocycles. The molecule has 0 aliphatic rings. The van der Waals surface area contributed by atoms with E-state index in [2.05, 4.69) is 5.32 Å². The summed E-state index contributed by atoms with van der Waals surface area (Å²) in [5.41, 5.74) is 6.21. The van der Waals surface area contributed by atoms with E-state index in [1.54, 1.807) is 0 Å². The predicted octanol–water partition coefficient (Wildman–Crippen LogP) is 2.12. The molecule has 2 amide bonds. The van der Waals surface area contributed by atoms with Crippen LogP contribution in [-0.4, -0.2) is 18.4 Å². The molecule has 2 rings (SSSR count). The van der Waals surface area contributed by atoms with Crippen molar-refractivity contribution in [3.05, 3.63) is 60.2 Å². The molecule has 0 aliphatic heterocycles. The number of hydrogen-bond donors (Lipinski definition) is 2. The van der Waals surface area contributed by atoms with E-state index in [9.17, 15) is 9.59 Å². The molecule has 0 aromatic heterocycles. The minimum absolute atomic E-state index is 0. The van der Waals surface area contributed by atoms with E-state index in [0.29, 0.717) is 13.0 Å². The molecular formula is C17H22FeN2O2. The number of hydrogen-bond acceptors (Lipinski definition) is 2. The summed E-state index contributed by atoms with van der Waals surface area (Å²) in [6.07, 6.45) is 2.43. The summed E-state index contributed by atoms with van der Waals surface area (Å²) in [5, 5.41) is 2.65. The normalized spacial score (nSPS) is 9.09. The molecule has 0 fully saturated rings. The number of nitrogens with two attached hydrogens (primary N) is 1. The maximum Gasteiger partial charge on any atom is 2.00 e. The molecule has 0 radical (unpaired) electrons. The van der Waals surface area contributed by atoms with Crippen LogP contribution in [0.5, 0.6) is 0 Å². The van der Waals surface area contributed by atoms with Crippen LogP contribution in [0.3, 0.4) is 0 Å². The molecule has 0 saturated carbocycles. The van der Waals surface area contributed by atoms with Gasteiger partial charge in [0.15, 0.2) is 0 Å². The SMILES string of the molecule is NC(=O)CCNC(=O)CCCc1ccc[cH-]1.[Fe+2].c1cc[cH-]c1. The summed E-state index contributed by atoms with van der Waals surface area (Å²) in [7, 11) is 0. The Morgan fingerprint density at radius 1 is 1.09 bits per heavy atom. The maximum atomic E-state index is 11.3. The molecule has 0 spiro atoms. The van der Waals surface area contributed by atoms with Gasteiger partial charge in [-0.3, -0.25) is 9.59 Å². The van der Waals surface area contributed by atoms with Crippen molar-refractivity contribution in [3.8, 4) is 0 Å². The Labute approximate surface area is 142 Å². The molecule has 0 aliphatic carbocycles. The predicted molar refractivity (Wildman–Crippen MR) is 83.8 cm³/mol. The summed E-state index contributed by atoms with van der Waals surface area (Å²) >= 11 is 0. The van der Waals surface area contributed by atoms with Gasteiger partial charge in [-0.1, -0.05) is 6.42 Å². The number of rotatable bonds is 7. The third kappa shape index (κ3) is 10.9. The third-order valence-corrected chi connectivity index (χ3v) is 2.85. The van der Waals surface area contributed by atoms with Crippen molar-refractivity contribution in [2.45, 2.75) is 25.7 Å². The van der Waals surface area contributed by atoms with Crippen molar-refractivity contribution in [2.75, 3.05) is 6.54 Å². The van der Waals surface area contributed by atoms with Gasteiger partial charge in [-0.2, -0.15) is 35.9 Å². The van der Waals surface area contributed by atoms with Crippen LogP contribution in [-0.2, 0) is 33.1 Å². The van der Waals surface area contributed by atoms with Gasteiger partial charge in [-0.05, 0) is 6.42 Å². The summed E-state index contributed by atoms with van der Waals surface area (Å²) in [6.45, 7) is 0.338. The molecule has 5 heteroatoms. The van der Waals surface area contributed by atoms with Crippen molar-refractivity contribution in [3.63, 3.8) is 0 Å². The molecule has 4 nitrogen and oxygen atoms in total. The first kappa shape index (κ1) is 20.2. The van der Waals surface area contributed by atoms with Gasteiger partial charge in [0.25, 0.3) is 0 Å². The fraction of sp³-hybridized carbons (Fsp3) is 0.294. The largest absolute Gasteiger partial charge is 2.00 e. The van der Waals surface area contributed by atoms with Gasteiger partial charge in [0.1, 0.15) is 0 Å². The first-order valence-corrected chi connectivity index (χ1v) is 7.11. The van der Waals surface area contributed by atoms with Gasteiger partial charge < -0.3 is 11.1 Å². The van der Waals surface area contributed by atoms with Gasteiger partial charge in [0.2, 0.25) is 11.8 Å². The van der Waals surface area contributed by atoms with E-state index in [4.69, 9.17) is 5.73 Å². The zero-order valence-corrected chi connectivity index (χ0v) is 13.6. The summed E-state index contributed by atoms with van der Waals surface area (Å²) < 4.78 is 0. The number of carbonyl (C=O) groups is 2. The number of aryl methyl sites for hydroxylation is 1. The van der Waals surface area contributed by atoms with Crippen LogP contribution >= 0.6 is 0 Å². The van der Waals surface area contributed by atoms with Crippen LogP contribution in [0.4, 0.5) is 0 Å². The van der Waals surface area contributed by atoms with Crippen LogP contribution in [0.15, 0.2) is 54.6 Å². The van der Waals surface area contributed by atoms with Crippen LogP contribution in [0.2, 0.25) is 0 Å². The van der Waals surface area contributed by atoms with E-state index in [0.717, 1.165) is 12.8 Å². The topological polar surface area (TPSA) is 72.2 Å². The Morgan fingerprint density at radius 2 is 1.82 bits per heavy atom. The van der Waals surface area contributed by atoms with Gasteiger partial charge in [0, 0.05) is 19.4 Å². The smallest absolute Gasteiger partial charge is 0.370 e. The van der Waals surface area contributed by atoms with Crippen LogP contribution in [0.1, 0.15) is 24.8 Å². The fourth-order valence-corrected chi connectivity index (χ4v) is 1.77. The minimum atomic E-state index is -0.392. The molecule has 0 bridgehead atoms. The quantitative estimate of drug-likeness (QED) is 0.598. The molecule has 3 N–H and O–H groups in total. The van der Waals surface area contributed by atoms with Crippen molar-refractivity contribution < 1.29 is 26.7 Å². The van der Waals surface area contributed by atoms with Gasteiger partial charge in [-0.15, -0.1) is 0 Å². The molecule has 0 unspecified atom stereocenters. The van der Waals surface area contributed by atoms with Crippen LogP contribution < -0.4 is 11.1 Å². The van der Waals surface area contributed by atoms with Crippen molar-refractivity contribution in [2.24, 2.45) is 5.73 Å². The average molecular weight is 342 g/mol. The third-order valence-electron chi connectivity index (χ3n) is 2.85. The summed E-state index contributed by atoms with van der Waals surface area (Å²) in [4.78, 5) is 21.7. The second-order valence-corrected chi connectivity index (χ2v) is 4.68. The Kier molecular flexibility index (Phi) is 11.8. The van der Waals surface area contributed by atoms with Crippen LogP contribution in [0, 0.1) is 0 Å². The maximum absolute atomic E-state index is 11.3. The number of amides is 2. The summed E-state index contributed by atoms with van der Waals surface area (Å²) in [5.74, 6) is -0.412. The molecule has 2 aromatic rings. The molecule has 0 heterocycles. The molecule has 22 heavy (non-hydrogen) atoms. The van der Waals surface area contributed by atoms with Gasteiger partial charge in [-0.25, -0.2) is 24.3 Å². The summed E-state index contributed by atoms with van der Waals surface area (Å²) in [6, 6.07) is 18.1. The standard InChI is InChI=1S/C12H17N2O2.C5H5.Fe/c13-11(15)8-9-14-12(16)7-3-6-10-4-1-2-5-10;1-2-4-5-3-1;/h1-2,4-5H,3,6-9H2,(H2,13,15)(H,14,16);1-5H;/q2*-1;+2. The van der Waals surface area contributed by atoms with Crippen molar-refractivity contribution in [1.29, 1.82) is 0 Å². The van der Waals surface area contributed by atoms with E-state index < -0.39 is 5.91 Å². The Hall–Kier alpha value is -1.84.